The minimum absolute atomic E-state index is 0.467. The van der Waals surface area contributed by atoms with Crippen LogP contribution < -0.4 is 5.73 Å². The van der Waals surface area contributed by atoms with Crippen LogP contribution in [0.3, 0.4) is 0 Å². The van der Waals surface area contributed by atoms with E-state index in [0.29, 0.717) is 13.0 Å². The number of H-pyrrole nitrogens is 1. The molecule has 1 atom stereocenters. The maximum Gasteiger partial charge on any atom is 0.0822 e. The molecular formula is C12H16N2O. The molecule has 1 aromatic heterocycles. The third-order valence-corrected chi connectivity index (χ3v) is 2.67. The van der Waals surface area contributed by atoms with Crippen LogP contribution in [0.5, 0.6) is 0 Å². The van der Waals surface area contributed by atoms with Gasteiger partial charge in [0.25, 0.3) is 0 Å². The van der Waals surface area contributed by atoms with Crippen molar-refractivity contribution in [1.29, 1.82) is 0 Å². The first kappa shape index (κ1) is 10.2. The van der Waals surface area contributed by atoms with Gasteiger partial charge in [0.05, 0.1) is 6.10 Å². The molecule has 4 N–H and O–H groups in total. The van der Waals surface area contributed by atoms with Gasteiger partial charge >= 0.3 is 0 Å². The Balaban J connectivity index is 2.47. The fraction of sp³-hybridized carbons (Fsp3) is 0.333. The van der Waals surface area contributed by atoms with E-state index in [1.54, 1.807) is 0 Å². The molecule has 0 aliphatic rings. The molecule has 0 fully saturated rings. The Labute approximate surface area is 88.9 Å². The van der Waals surface area contributed by atoms with Crippen molar-refractivity contribution >= 4 is 10.9 Å². The number of nitrogens with two attached hydrogens (primary N) is 1. The molecule has 0 spiro atoms. The Morgan fingerprint density at radius 2 is 2.27 bits per heavy atom. The summed E-state index contributed by atoms with van der Waals surface area (Å²) in [6.45, 7) is 2.55. The fourth-order valence-corrected chi connectivity index (χ4v) is 1.85. The number of hydrogen-bond acceptors (Lipinski definition) is 2. The zero-order valence-electron chi connectivity index (χ0n) is 8.83. The van der Waals surface area contributed by atoms with Gasteiger partial charge in [-0.1, -0.05) is 11.6 Å². The Morgan fingerprint density at radius 1 is 1.47 bits per heavy atom. The molecule has 2 aromatic rings. The lowest BCUT2D eigenvalue weighted by atomic mass is 10.0. The van der Waals surface area contributed by atoms with Crippen LogP contribution in [-0.2, 0) is 0 Å². The van der Waals surface area contributed by atoms with Gasteiger partial charge in [-0.05, 0) is 32.0 Å². The number of aliphatic hydroxyl groups is 1. The average molecular weight is 204 g/mol. The monoisotopic (exact) mass is 204 g/mol. The second kappa shape index (κ2) is 4.04. The van der Waals surface area contributed by atoms with Crippen LogP contribution in [0.1, 0.15) is 23.7 Å². The van der Waals surface area contributed by atoms with Gasteiger partial charge in [-0.2, -0.15) is 0 Å². The molecule has 0 aliphatic carbocycles. The molecular weight excluding hydrogens is 188 g/mol. The van der Waals surface area contributed by atoms with Crippen molar-refractivity contribution < 1.29 is 5.11 Å². The SMILES string of the molecule is Cc1ccc2[nH]cc(C(O)CCN)c2c1. The lowest BCUT2D eigenvalue weighted by Gasteiger charge is -2.07. The lowest BCUT2D eigenvalue weighted by Crippen LogP contribution is -2.06. The fourth-order valence-electron chi connectivity index (χ4n) is 1.85. The zero-order valence-corrected chi connectivity index (χ0v) is 8.83. The molecule has 3 heteroatoms. The molecule has 1 aromatic carbocycles. The van der Waals surface area contributed by atoms with Crippen molar-refractivity contribution in [2.24, 2.45) is 5.73 Å². The second-order valence-corrected chi connectivity index (χ2v) is 3.89. The topological polar surface area (TPSA) is 62.0 Å². The van der Waals surface area contributed by atoms with E-state index < -0.39 is 6.10 Å². The normalized spacial score (nSPS) is 13.3. The van der Waals surface area contributed by atoms with Gasteiger partial charge in [0.15, 0.2) is 0 Å². The number of aliphatic hydroxyl groups excluding tert-OH is 1. The van der Waals surface area contributed by atoms with Crippen LogP contribution in [0, 0.1) is 6.92 Å². The number of aryl methyl sites for hydroxylation is 1. The highest BCUT2D eigenvalue weighted by Crippen LogP contribution is 2.26. The Kier molecular flexibility index (Phi) is 2.75. The average Bonchev–Trinajstić information content (AvgIpc) is 2.60. The van der Waals surface area contributed by atoms with Gasteiger partial charge in [-0.25, -0.2) is 0 Å². The molecule has 15 heavy (non-hydrogen) atoms. The van der Waals surface area contributed by atoms with Crippen molar-refractivity contribution in [3.63, 3.8) is 0 Å². The second-order valence-electron chi connectivity index (χ2n) is 3.89. The predicted octanol–water partition coefficient (Wildman–Crippen LogP) is 1.86. The van der Waals surface area contributed by atoms with Gasteiger partial charge < -0.3 is 15.8 Å². The number of nitrogens with one attached hydrogen (secondary N) is 1. The lowest BCUT2D eigenvalue weighted by molar-refractivity contribution is 0.172. The highest BCUT2D eigenvalue weighted by molar-refractivity contribution is 5.84. The minimum atomic E-state index is -0.467. The molecule has 0 bridgehead atoms. The zero-order chi connectivity index (χ0) is 10.8. The van der Waals surface area contributed by atoms with Crippen LogP contribution in [0.25, 0.3) is 10.9 Å². The van der Waals surface area contributed by atoms with E-state index in [2.05, 4.69) is 17.1 Å². The quantitative estimate of drug-likeness (QED) is 0.714. The summed E-state index contributed by atoms with van der Waals surface area (Å²) in [6.07, 6.45) is 2.00. The summed E-state index contributed by atoms with van der Waals surface area (Å²) in [4.78, 5) is 3.15. The van der Waals surface area contributed by atoms with Crippen LogP contribution in [0.15, 0.2) is 24.4 Å². The Morgan fingerprint density at radius 3 is 3.00 bits per heavy atom. The van der Waals surface area contributed by atoms with E-state index in [4.69, 9.17) is 5.73 Å². The van der Waals surface area contributed by atoms with E-state index in [9.17, 15) is 5.11 Å². The predicted molar refractivity (Wildman–Crippen MR) is 61.7 cm³/mol. The van der Waals surface area contributed by atoms with Gasteiger partial charge in [-0.15, -0.1) is 0 Å². The van der Waals surface area contributed by atoms with Crippen LogP contribution in [0.4, 0.5) is 0 Å². The number of rotatable bonds is 3. The first-order valence-electron chi connectivity index (χ1n) is 5.18. The van der Waals surface area contributed by atoms with E-state index >= 15 is 0 Å². The number of aromatic nitrogens is 1. The maximum absolute atomic E-state index is 9.90. The highest BCUT2D eigenvalue weighted by atomic mass is 16.3. The number of benzene rings is 1. The third-order valence-electron chi connectivity index (χ3n) is 2.67. The molecule has 80 valence electrons. The molecule has 0 radical (unpaired) electrons. The molecule has 2 rings (SSSR count). The Bertz CT molecular complexity index is 462. The van der Waals surface area contributed by atoms with E-state index in [-0.39, 0.29) is 0 Å². The van der Waals surface area contributed by atoms with Crippen molar-refractivity contribution in [1.82, 2.24) is 4.98 Å². The van der Waals surface area contributed by atoms with Gasteiger partial charge in [0.1, 0.15) is 0 Å². The molecule has 1 heterocycles. The standard InChI is InChI=1S/C12H16N2O/c1-8-2-3-11-9(6-8)10(7-14-11)12(15)4-5-13/h2-3,6-7,12,14-15H,4-5,13H2,1H3. The molecule has 0 saturated heterocycles. The molecule has 1 unspecified atom stereocenters. The molecule has 0 aliphatic heterocycles. The summed E-state index contributed by atoms with van der Waals surface area (Å²) in [5.41, 5.74) is 8.64. The summed E-state index contributed by atoms with van der Waals surface area (Å²) < 4.78 is 0. The smallest absolute Gasteiger partial charge is 0.0822 e. The van der Waals surface area contributed by atoms with Crippen molar-refractivity contribution in [3.8, 4) is 0 Å². The van der Waals surface area contributed by atoms with Gasteiger partial charge in [-0.3, -0.25) is 0 Å². The molecule has 3 nitrogen and oxygen atoms in total. The van der Waals surface area contributed by atoms with Gasteiger partial charge in [0, 0.05) is 22.7 Å². The van der Waals surface area contributed by atoms with E-state index in [1.165, 1.54) is 5.56 Å². The first-order valence-corrected chi connectivity index (χ1v) is 5.18. The van der Waals surface area contributed by atoms with E-state index in [0.717, 1.165) is 16.5 Å². The van der Waals surface area contributed by atoms with Gasteiger partial charge in [0.2, 0.25) is 0 Å². The Hall–Kier alpha value is -1.32. The molecule has 0 amide bonds. The highest BCUT2D eigenvalue weighted by Gasteiger charge is 2.11. The van der Waals surface area contributed by atoms with Crippen molar-refractivity contribution in [2.75, 3.05) is 6.54 Å². The first-order chi connectivity index (χ1) is 7.22. The minimum Gasteiger partial charge on any atom is -0.388 e. The van der Waals surface area contributed by atoms with Crippen LogP contribution >= 0.6 is 0 Å². The summed E-state index contributed by atoms with van der Waals surface area (Å²) in [6, 6.07) is 6.17. The summed E-state index contributed by atoms with van der Waals surface area (Å²) >= 11 is 0. The molecule has 0 saturated carbocycles. The van der Waals surface area contributed by atoms with Crippen LogP contribution in [0.2, 0.25) is 0 Å². The van der Waals surface area contributed by atoms with Crippen molar-refractivity contribution in [3.05, 3.63) is 35.5 Å². The number of aromatic amines is 1. The number of fused-ring (bicyclic) bond motifs is 1. The number of hydrogen-bond donors (Lipinski definition) is 3. The summed E-state index contributed by atoms with van der Waals surface area (Å²) in [5.74, 6) is 0. The van der Waals surface area contributed by atoms with E-state index in [1.807, 2.05) is 19.2 Å². The summed E-state index contributed by atoms with van der Waals surface area (Å²) in [7, 11) is 0. The summed E-state index contributed by atoms with van der Waals surface area (Å²) in [5, 5.41) is 11.0. The maximum atomic E-state index is 9.90. The largest absolute Gasteiger partial charge is 0.388 e. The van der Waals surface area contributed by atoms with Crippen LogP contribution in [-0.4, -0.2) is 16.6 Å². The third kappa shape index (κ3) is 1.89. The van der Waals surface area contributed by atoms with Crippen molar-refractivity contribution in [2.45, 2.75) is 19.4 Å².